The van der Waals surface area contributed by atoms with Crippen molar-refractivity contribution in [1.29, 1.82) is 0 Å². The minimum absolute atomic E-state index is 0.0995. The van der Waals surface area contributed by atoms with Crippen LogP contribution in [0.15, 0.2) is 48.0 Å². The van der Waals surface area contributed by atoms with Gasteiger partial charge in [0.05, 0.1) is 25.9 Å². The van der Waals surface area contributed by atoms with E-state index in [0.717, 1.165) is 36.4 Å². The molecule has 4 rings (SSSR count). The van der Waals surface area contributed by atoms with Gasteiger partial charge in [0, 0.05) is 12.0 Å². The molecule has 3 aromatic rings. The van der Waals surface area contributed by atoms with Crippen LogP contribution in [0.2, 0.25) is 0 Å². The highest BCUT2D eigenvalue weighted by molar-refractivity contribution is 5.87. The van der Waals surface area contributed by atoms with Gasteiger partial charge in [-0.3, -0.25) is 0 Å². The lowest BCUT2D eigenvalue weighted by molar-refractivity contribution is -0.149. The van der Waals surface area contributed by atoms with Gasteiger partial charge in [-0.15, -0.1) is 0 Å². The fourth-order valence-corrected chi connectivity index (χ4v) is 4.38. The van der Waals surface area contributed by atoms with Gasteiger partial charge in [0.1, 0.15) is 12.2 Å². The number of carboxylic acids is 1. The van der Waals surface area contributed by atoms with Crippen LogP contribution in [0, 0.1) is 0 Å². The predicted molar refractivity (Wildman–Crippen MR) is 140 cm³/mol. The van der Waals surface area contributed by atoms with Crippen LogP contribution in [-0.4, -0.2) is 75.3 Å². The minimum Gasteiger partial charge on any atom is -0.504 e. The number of carbonyl (C=O) groups is 1. The number of ether oxygens (including phenoxy) is 3. The molecular formula is C28H28O14. The second kappa shape index (κ2) is 12.2. The summed E-state index contributed by atoms with van der Waals surface area (Å²) in [6, 6.07) is 6.84. The van der Waals surface area contributed by atoms with Gasteiger partial charge in [-0.25, -0.2) is 4.79 Å². The van der Waals surface area contributed by atoms with Crippen molar-refractivity contribution in [1.82, 2.24) is 0 Å². The Morgan fingerprint density at radius 3 is 1.33 bits per heavy atom. The van der Waals surface area contributed by atoms with Crippen molar-refractivity contribution in [2.24, 2.45) is 0 Å². The fraction of sp³-hybridized carbons (Fsp3) is 0.250. The number of benzene rings is 3. The lowest BCUT2D eigenvalue weighted by atomic mass is 9.91. The Labute approximate surface area is 237 Å². The van der Waals surface area contributed by atoms with E-state index in [1.807, 2.05) is 0 Å². The molecule has 3 aromatic carbocycles. The Balaban J connectivity index is 1.63. The molecular weight excluding hydrogens is 560 g/mol. The van der Waals surface area contributed by atoms with Gasteiger partial charge in [-0.1, -0.05) is 0 Å². The molecule has 0 fully saturated rings. The number of aliphatic carboxylic acids is 1. The molecule has 42 heavy (non-hydrogen) atoms. The van der Waals surface area contributed by atoms with Crippen molar-refractivity contribution in [2.45, 2.75) is 44.6 Å². The summed E-state index contributed by atoms with van der Waals surface area (Å²) in [7, 11) is 0. The Bertz CT molecular complexity index is 1450. The molecule has 0 radical (unpaired) electrons. The van der Waals surface area contributed by atoms with Crippen LogP contribution >= 0.6 is 0 Å². The molecule has 0 aromatic heterocycles. The second-order valence-electron chi connectivity index (χ2n) is 9.55. The maximum Gasteiger partial charge on any atom is 0.331 e. The van der Waals surface area contributed by atoms with Crippen LogP contribution < -0.4 is 0 Å². The monoisotopic (exact) mass is 588 g/mol. The molecule has 0 heterocycles. The molecule has 224 valence electrons. The van der Waals surface area contributed by atoms with Gasteiger partial charge in [-0.2, -0.15) is 0 Å². The minimum atomic E-state index is -1.27. The van der Waals surface area contributed by atoms with Crippen molar-refractivity contribution < 1.29 is 70.1 Å². The second-order valence-corrected chi connectivity index (χ2v) is 9.55. The SMILES string of the molecule is O=C(O)C1=C[C@@H](OCc2cc(O)c(O)c(O)c2)[C@@H](OCc2cc(O)c(O)c(O)c2)[C@H](OCc2cc(O)c(O)c(O)c2)C1. The molecule has 0 amide bonds. The zero-order valence-electron chi connectivity index (χ0n) is 21.7. The van der Waals surface area contributed by atoms with Crippen LogP contribution in [-0.2, 0) is 38.8 Å². The number of hydrogen-bond donors (Lipinski definition) is 10. The smallest absolute Gasteiger partial charge is 0.331 e. The van der Waals surface area contributed by atoms with E-state index in [0.29, 0.717) is 0 Å². The highest BCUT2D eigenvalue weighted by Gasteiger charge is 2.38. The molecule has 10 N–H and O–H groups in total. The number of phenols is 9. The number of phenolic OH excluding ortho intramolecular Hbond substituents is 9. The van der Waals surface area contributed by atoms with Crippen molar-refractivity contribution in [2.75, 3.05) is 0 Å². The van der Waals surface area contributed by atoms with Crippen molar-refractivity contribution in [3.63, 3.8) is 0 Å². The standard InChI is InChI=1S/C28H28O14/c29-16-1-12(2-17(30)24(16)35)9-40-22-7-15(28(38)39)8-23(41-10-13-3-18(31)25(36)19(32)4-13)27(22)42-11-14-5-20(33)26(37)21(34)6-14/h1-7,22-23,27,29-37H,8-11H2,(H,38,39)/t22-,23-,27-/m1/s1. The summed E-state index contributed by atoms with van der Waals surface area (Å²) in [5, 5.41) is 97.6. The number of aromatic hydroxyl groups is 9. The van der Waals surface area contributed by atoms with Crippen molar-refractivity contribution in [3.05, 3.63) is 64.7 Å². The van der Waals surface area contributed by atoms with Crippen LogP contribution in [0.25, 0.3) is 0 Å². The first-order chi connectivity index (χ1) is 19.8. The van der Waals surface area contributed by atoms with Gasteiger partial charge >= 0.3 is 5.97 Å². The first-order valence-electron chi connectivity index (χ1n) is 12.3. The summed E-state index contributed by atoms with van der Waals surface area (Å²) in [6.07, 6.45) is -2.08. The van der Waals surface area contributed by atoms with Gasteiger partial charge in [0.15, 0.2) is 51.7 Å². The third-order valence-corrected chi connectivity index (χ3v) is 6.49. The first-order valence-corrected chi connectivity index (χ1v) is 12.3. The average molecular weight is 589 g/mol. The molecule has 1 aliphatic carbocycles. The predicted octanol–water partition coefficient (Wildman–Crippen LogP) is 2.51. The molecule has 0 saturated carbocycles. The summed E-state index contributed by atoms with van der Waals surface area (Å²) in [4.78, 5) is 12.0. The molecule has 14 nitrogen and oxygen atoms in total. The van der Waals surface area contributed by atoms with Gasteiger partial charge in [0.2, 0.25) is 0 Å². The largest absolute Gasteiger partial charge is 0.504 e. The molecule has 0 aliphatic heterocycles. The van der Waals surface area contributed by atoms with E-state index >= 15 is 0 Å². The van der Waals surface area contributed by atoms with Crippen LogP contribution in [0.4, 0.5) is 0 Å². The van der Waals surface area contributed by atoms with Crippen LogP contribution in [0.1, 0.15) is 23.1 Å². The van der Waals surface area contributed by atoms with Crippen LogP contribution in [0.3, 0.4) is 0 Å². The fourth-order valence-electron chi connectivity index (χ4n) is 4.38. The van der Waals surface area contributed by atoms with Gasteiger partial charge in [0.25, 0.3) is 0 Å². The van der Waals surface area contributed by atoms with Crippen molar-refractivity contribution in [3.8, 4) is 51.7 Å². The van der Waals surface area contributed by atoms with Gasteiger partial charge in [-0.05, 0) is 59.2 Å². The highest BCUT2D eigenvalue weighted by atomic mass is 16.6. The molecule has 1 aliphatic rings. The Hall–Kier alpha value is -5.05. The highest BCUT2D eigenvalue weighted by Crippen LogP contribution is 2.39. The van der Waals surface area contributed by atoms with E-state index in [4.69, 9.17) is 14.2 Å². The molecule has 0 spiro atoms. The maximum absolute atomic E-state index is 12.0. The lowest BCUT2D eigenvalue weighted by Crippen LogP contribution is -2.45. The number of hydrogen-bond acceptors (Lipinski definition) is 13. The Kier molecular flexibility index (Phi) is 8.70. The normalized spacial score (nSPS) is 18.5. The zero-order valence-corrected chi connectivity index (χ0v) is 21.7. The molecule has 0 bridgehead atoms. The van der Waals surface area contributed by atoms with E-state index in [1.54, 1.807) is 0 Å². The van der Waals surface area contributed by atoms with E-state index in [-0.39, 0.29) is 48.5 Å². The molecule has 3 atom stereocenters. The van der Waals surface area contributed by atoms with Crippen LogP contribution in [0.5, 0.6) is 51.7 Å². The summed E-state index contributed by atoms with van der Waals surface area (Å²) in [5.74, 6) is -7.11. The topological polar surface area (TPSA) is 247 Å². The lowest BCUT2D eigenvalue weighted by Gasteiger charge is -2.36. The van der Waals surface area contributed by atoms with Gasteiger partial charge < -0.3 is 65.3 Å². The van der Waals surface area contributed by atoms with E-state index in [2.05, 4.69) is 0 Å². The quantitative estimate of drug-likeness (QED) is 0.153. The number of rotatable bonds is 10. The third-order valence-electron chi connectivity index (χ3n) is 6.49. The van der Waals surface area contributed by atoms with Crippen molar-refractivity contribution >= 4 is 5.97 Å². The summed E-state index contributed by atoms with van der Waals surface area (Å²) in [5.41, 5.74) is 0.583. The Morgan fingerprint density at radius 2 is 0.952 bits per heavy atom. The Morgan fingerprint density at radius 1 is 0.595 bits per heavy atom. The van der Waals surface area contributed by atoms with E-state index < -0.39 is 76.0 Å². The first kappa shape index (κ1) is 29.9. The van der Waals surface area contributed by atoms with E-state index in [9.17, 15) is 55.9 Å². The summed E-state index contributed by atoms with van der Waals surface area (Å²) in [6.45, 7) is -0.835. The average Bonchev–Trinajstić information content (AvgIpc) is 2.93. The third kappa shape index (κ3) is 6.63. The summed E-state index contributed by atoms with van der Waals surface area (Å²) >= 11 is 0. The molecule has 14 heteroatoms. The molecule has 0 unspecified atom stereocenters. The number of carboxylic acid groups (broad SMARTS) is 1. The zero-order chi connectivity index (χ0) is 30.7. The summed E-state index contributed by atoms with van der Waals surface area (Å²) < 4.78 is 17.9. The molecule has 0 saturated heterocycles. The maximum atomic E-state index is 12.0. The van der Waals surface area contributed by atoms with E-state index in [1.165, 1.54) is 6.08 Å².